The Morgan fingerprint density at radius 2 is 1.89 bits per heavy atom. The van der Waals surface area contributed by atoms with Crippen molar-refractivity contribution in [3.8, 4) is 11.5 Å². The van der Waals surface area contributed by atoms with E-state index in [9.17, 15) is 19.1 Å². The van der Waals surface area contributed by atoms with E-state index in [-0.39, 0.29) is 17.0 Å². The summed E-state index contributed by atoms with van der Waals surface area (Å²) in [5.41, 5.74) is 2.91. The summed E-state index contributed by atoms with van der Waals surface area (Å²) in [6.07, 6.45) is 3.59. The number of fused-ring (bicyclic) bond motifs is 1. The Labute approximate surface area is 228 Å². The van der Waals surface area contributed by atoms with Crippen LogP contribution in [0.1, 0.15) is 23.5 Å². The van der Waals surface area contributed by atoms with Crippen LogP contribution in [0.4, 0.5) is 10.1 Å². The molecule has 3 aromatic rings. The van der Waals surface area contributed by atoms with Crippen molar-refractivity contribution in [2.45, 2.75) is 17.8 Å². The van der Waals surface area contributed by atoms with E-state index in [1.165, 1.54) is 19.2 Å². The van der Waals surface area contributed by atoms with Gasteiger partial charge in [-0.1, -0.05) is 66.2 Å². The van der Waals surface area contributed by atoms with Gasteiger partial charge in [-0.15, -0.1) is 0 Å². The summed E-state index contributed by atoms with van der Waals surface area (Å²) in [5, 5.41) is 12.4. The number of benzene rings is 3. The summed E-state index contributed by atoms with van der Waals surface area (Å²) < 4.78 is 19.9. The third kappa shape index (κ3) is 3.85. The van der Waals surface area contributed by atoms with Gasteiger partial charge < -0.3 is 9.84 Å². The smallest absolute Gasteiger partial charge is 0.260 e. The van der Waals surface area contributed by atoms with E-state index in [1.807, 2.05) is 0 Å². The highest BCUT2D eigenvalue weighted by molar-refractivity contribution is 6.36. The van der Waals surface area contributed by atoms with Gasteiger partial charge in [0.15, 0.2) is 11.6 Å². The molecule has 38 heavy (non-hydrogen) atoms. The lowest BCUT2D eigenvalue weighted by molar-refractivity contribution is -0.138. The van der Waals surface area contributed by atoms with Crippen molar-refractivity contribution in [1.29, 1.82) is 0 Å². The lowest BCUT2D eigenvalue weighted by atomic mass is 9.56. The van der Waals surface area contributed by atoms with E-state index >= 15 is 0 Å². The summed E-state index contributed by atoms with van der Waals surface area (Å²) in [5.74, 6) is -3.74. The molecule has 194 valence electrons. The van der Waals surface area contributed by atoms with Crippen LogP contribution in [0.5, 0.6) is 11.5 Å². The first-order valence-corrected chi connectivity index (χ1v) is 12.5. The number of allylic oxidation sites excluding steroid dienone is 3. The van der Waals surface area contributed by atoms with E-state index in [1.54, 1.807) is 54.6 Å². The minimum Gasteiger partial charge on any atom is -0.505 e. The molecule has 5 rings (SSSR count). The second kappa shape index (κ2) is 9.82. The molecular formula is C29H23Cl2FN2O4. The number of carbonyl (C=O) groups is 2. The molecule has 1 saturated heterocycles. The fourth-order valence-corrected chi connectivity index (χ4v) is 6.04. The topological polar surface area (TPSA) is 78.9 Å². The molecule has 0 spiro atoms. The molecule has 0 aromatic heterocycles. The second-order valence-electron chi connectivity index (χ2n) is 9.12. The zero-order chi connectivity index (χ0) is 27.2. The first-order chi connectivity index (χ1) is 18.2. The molecule has 0 unspecified atom stereocenters. The van der Waals surface area contributed by atoms with Crippen LogP contribution in [0, 0.1) is 11.7 Å². The highest BCUT2D eigenvalue weighted by atomic mass is 35.5. The van der Waals surface area contributed by atoms with Gasteiger partial charge in [-0.3, -0.25) is 15.0 Å². The number of halogens is 3. The van der Waals surface area contributed by atoms with Gasteiger partial charge in [0.05, 0.1) is 29.2 Å². The molecule has 0 radical (unpaired) electrons. The number of ether oxygens (including phenoxy) is 1. The molecule has 1 aliphatic heterocycles. The summed E-state index contributed by atoms with van der Waals surface area (Å²) in [7, 11) is 1.52. The predicted octanol–water partition coefficient (Wildman–Crippen LogP) is 6.40. The number of amides is 2. The monoisotopic (exact) mass is 552 g/mol. The van der Waals surface area contributed by atoms with Gasteiger partial charge in [-0.05, 0) is 54.0 Å². The number of aromatic hydroxyl groups is 1. The molecule has 6 nitrogen and oxygen atoms in total. The van der Waals surface area contributed by atoms with E-state index in [4.69, 9.17) is 27.9 Å². The Morgan fingerprint density at radius 3 is 2.55 bits per heavy atom. The number of hydrogen-bond acceptors (Lipinski definition) is 5. The first-order valence-electron chi connectivity index (χ1n) is 11.8. The average molecular weight is 553 g/mol. The van der Waals surface area contributed by atoms with Crippen LogP contribution >= 0.6 is 23.2 Å². The third-order valence-electron chi connectivity index (χ3n) is 7.30. The van der Waals surface area contributed by atoms with E-state index in [0.717, 1.165) is 11.1 Å². The van der Waals surface area contributed by atoms with Gasteiger partial charge in [-0.2, -0.15) is 5.01 Å². The van der Waals surface area contributed by atoms with Crippen LogP contribution in [-0.2, 0) is 15.0 Å². The van der Waals surface area contributed by atoms with Crippen molar-refractivity contribution < 1.29 is 23.8 Å². The lowest BCUT2D eigenvalue weighted by Crippen LogP contribution is -2.48. The maximum Gasteiger partial charge on any atom is 0.260 e. The van der Waals surface area contributed by atoms with Crippen LogP contribution in [0.25, 0.3) is 0 Å². The number of phenols is 1. The number of rotatable bonds is 6. The van der Waals surface area contributed by atoms with Gasteiger partial charge in [0.2, 0.25) is 0 Å². The molecular weight excluding hydrogens is 530 g/mol. The highest BCUT2D eigenvalue weighted by Gasteiger charge is 2.66. The minimum absolute atomic E-state index is 0.171. The summed E-state index contributed by atoms with van der Waals surface area (Å²) in [6.45, 7) is 3.91. The van der Waals surface area contributed by atoms with Gasteiger partial charge >= 0.3 is 0 Å². The van der Waals surface area contributed by atoms with Crippen LogP contribution in [0.15, 0.2) is 85.0 Å². The maximum absolute atomic E-state index is 14.6. The third-order valence-corrected chi connectivity index (χ3v) is 7.85. The number of imide groups is 1. The van der Waals surface area contributed by atoms with Crippen molar-refractivity contribution in [2.75, 3.05) is 12.5 Å². The van der Waals surface area contributed by atoms with Crippen molar-refractivity contribution >= 4 is 40.7 Å². The SMILES string of the molecule is C=CC1=CC[C@H]2C(=O)N(Nc3ccc(Cl)cc3Cl)C(=O)[C@@]2(c2ccc(OC)cc2)[C@H]1c1cccc(F)c1O. The van der Waals surface area contributed by atoms with Crippen LogP contribution in [0.3, 0.4) is 0 Å². The number of para-hydroxylation sites is 1. The summed E-state index contributed by atoms with van der Waals surface area (Å²) >= 11 is 12.4. The second-order valence-corrected chi connectivity index (χ2v) is 9.96. The van der Waals surface area contributed by atoms with Gasteiger partial charge in [0.1, 0.15) is 5.75 Å². The Kier molecular flexibility index (Phi) is 6.67. The Hall–Kier alpha value is -3.81. The average Bonchev–Trinajstić information content (AvgIpc) is 3.13. The zero-order valence-electron chi connectivity index (χ0n) is 20.3. The molecule has 3 aromatic carbocycles. The van der Waals surface area contributed by atoms with Gasteiger partial charge in [0, 0.05) is 16.5 Å². The molecule has 1 aliphatic carbocycles. The minimum atomic E-state index is -1.54. The van der Waals surface area contributed by atoms with Crippen LogP contribution < -0.4 is 10.2 Å². The first kappa shape index (κ1) is 25.8. The van der Waals surface area contributed by atoms with Crippen molar-refractivity contribution in [3.05, 3.63) is 112 Å². The van der Waals surface area contributed by atoms with Crippen molar-refractivity contribution in [1.82, 2.24) is 5.01 Å². The Balaban J connectivity index is 1.76. The number of carbonyl (C=O) groups excluding carboxylic acids is 2. The number of phenolic OH excluding ortho intramolecular Hbond substituents is 1. The number of hydrazine groups is 1. The highest BCUT2D eigenvalue weighted by Crippen LogP contribution is 2.59. The molecule has 1 heterocycles. The molecule has 9 heteroatoms. The summed E-state index contributed by atoms with van der Waals surface area (Å²) in [4.78, 5) is 28.5. The quantitative estimate of drug-likeness (QED) is 0.346. The van der Waals surface area contributed by atoms with Gasteiger partial charge in [0.25, 0.3) is 11.8 Å². The molecule has 2 aliphatic rings. The largest absolute Gasteiger partial charge is 0.505 e. The number of hydrogen-bond donors (Lipinski definition) is 2. The number of nitrogens with zero attached hydrogens (tertiary/aromatic N) is 1. The maximum atomic E-state index is 14.6. The fraction of sp³-hybridized carbons (Fsp3) is 0.172. The standard InChI is InChI=1S/C29H23Cl2FN2O4/c1-3-16-7-13-21-27(36)34(33-24-14-10-18(30)15-22(24)31)28(37)29(21,17-8-11-19(38-2)12-9-17)25(16)20-5-4-6-23(32)26(20)35/h3-12,14-15,21,25,33,35H,1,13H2,2H3/t21-,25+,29+/m0/s1. The number of methoxy groups -OCH3 is 1. The normalized spacial score (nSPS) is 22.6. The predicted molar refractivity (Wildman–Crippen MR) is 144 cm³/mol. The summed E-state index contributed by atoms with van der Waals surface area (Å²) in [6, 6.07) is 15.6. The molecule has 0 bridgehead atoms. The van der Waals surface area contributed by atoms with E-state index in [0.29, 0.717) is 27.6 Å². The van der Waals surface area contributed by atoms with E-state index < -0.39 is 40.6 Å². The Morgan fingerprint density at radius 1 is 1.16 bits per heavy atom. The van der Waals surface area contributed by atoms with Crippen molar-refractivity contribution in [3.63, 3.8) is 0 Å². The fourth-order valence-electron chi connectivity index (χ4n) is 5.59. The van der Waals surface area contributed by atoms with Gasteiger partial charge in [-0.25, -0.2) is 4.39 Å². The number of anilines is 1. The molecule has 1 fully saturated rings. The zero-order valence-corrected chi connectivity index (χ0v) is 21.8. The molecule has 2 amide bonds. The van der Waals surface area contributed by atoms with Crippen molar-refractivity contribution in [2.24, 2.45) is 5.92 Å². The molecule has 2 N–H and O–H groups in total. The van der Waals surface area contributed by atoms with E-state index in [2.05, 4.69) is 12.0 Å². The lowest BCUT2D eigenvalue weighted by Gasteiger charge is -2.43. The molecule has 0 saturated carbocycles. The number of nitrogens with one attached hydrogen (secondary N) is 1. The Bertz CT molecular complexity index is 1490. The molecule has 3 atom stereocenters. The van der Waals surface area contributed by atoms with Crippen LogP contribution in [-0.4, -0.2) is 29.0 Å². The van der Waals surface area contributed by atoms with Crippen LogP contribution in [0.2, 0.25) is 10.0 Å².